The van der Waals surface area contributed by atoms with Crippen LogP contribution in [0.25, 0.3) is 16.6 Å². The van der Waals surface area contributed by atoms with Gasteiger partial charge in [0.15, 0.2) is 0 Å². The number of allylic oxidation sites excluding steroid dienone is 1. The molecule has 2 amide bonds. The van der Waals surface area contributed by atoms with Gasteiger partial charge in [0.05, 0.1) is 5.70 Å². The highest BCUT2D eigenvalue weighted by molar-refractivity contribution is 5.92. The van der Waals surface area contributed by atoms with Gasteiger partial charge in [-0.3, -0.25) is 9.59 Å². The van der Waals surface area contributed by atoms with Crippen molar-refractivity contribution in [2.45, 2.75) is 52.4 Å². The smallest absolute Gasteiger partial charge is 0.385 e. The van der Waals surface area contributed by atoms with Crippen LogP contribution in [0.15, 0.2) is 36.4 Å². The quantitative estimate of drug-likeness (QED) is 0.350. The molecule has 2 aromatic heterocycles. The Bertz CT molecular complexity index is 1120. The number of hydrogen-bond donors (Lipinski definition) is 5. The monoisotopic (exact) mass is 492 g/mol. The van der Waals surface area contributed by atoms with E-state index in [9.17, 15) is 22.8 Å². The lowest BCUT2D eigenvalue weighted by molar-refractivity contribution is -0.140. The number of nitrogens with one attached hydrogen (secondary N) is 5. The van der Waals surface area contributed by atoms with Crippen LogP contribution in [0, 0.1) is 5.92 Å². The SMILES string of the molecule is CCCC(=O)NCc1cnc2[nH]cc(C3=CC(NC(C(=O)NCC(F)(F)F)C(C)C)=CNC3)c2c1. The van der Waals surface area contributed by atoms with Gasteiger partial charge in [-0.05, 0) is 35.6 Å². The molecular weight excluding hydrogens is 461 g/mol. The Balaban J connectivity index is 1.77. The lowest BCUT2D eigenvalue weighted by Crippen LogP contribution is -2.49. The number of pyridine rings is 1. The first kappa shape index (κ1) is 26.1. The van der Waals surface area contributed by atoms with Crippen molar-refractivity contribution >= 4 is 28.4 Å². The van der Waals surface area contributed by atoms with Gasteiger partial charge in [-0.2, -0.15) is 13.2 Å². The number of amides is 2. The number of rotatable bonds is 10. The summed E-state index contributed by atoms with van der Waals surface area (Å²) in [6.45, 7) is 4.98. The van der Waals surface area contributed by atoms with E-state index in [1.54, 1.807) is 26.2 Å². The van der Waals surface area contributed by atoms with Crippen molar-refractivity contribution in [3.63, 3.8) is 0 Å². The van der Waals surface area contributed by atoms with Gasteiger partial charge in [0.2, 0.25) is 11.8 Å². The predicted octanol–water partition coefficient (Wildman–Crippen LogP) is 3.10. The second-order valence-electron chi connectivity index (χ2n) is 8.82. The van der Waals surface area contributed by atoms with E-state index in [4.69, 9.17) is 0 Å². The van der Waals surface area contributed by atoms with Crippen LogP contribution in [0.4, 0.5) is 13.2 Å². The zero-order chi connectivity index (χ0) is 25.6. The van der Waals surface area contributed by atoms with Gasteiger partial charge >= 0.3 is 6.18 Å². The summed E-state index contributed by atoms with van der Waals surface area (Å²) in [6, 6.07) is 1.12. The van der Waals surface area contributed by atoms with E-state index in [1.165, 1.54) is 0 Å². The number of halogens is 3. The molecule has 3 heterocycles. The summed E-state index contributed by atoms with van der Waals surface area (Å²) in [4.78, 5) is 31.8. The maximum absolute atomic E-state index is 12.5. The minimum atomic E-state index is -4.48. The van der Waals surface area contributed by atoms with Crippen LogP contribution in [0.3, 0.4) is 0 Å². The Morgan fingerprint density at radius 2 is 2.00 bits per heavy atom. The molecular formula is C24H31F3N6O2. The molecule has 1 atom stereocenters. The van der Waals surface area contributed by atoms with Crippen LogP contribution in [0.5, 0.6) is 0 Å². The number of aromatic amines is 1. The summed E-state index contributed by atoms with van der Waals surface area (Å²) in [6.07, 6.45) is 3.87. The minimum absolute atomic E-state index is 0.0130. The van der Waals surface area contributed by atoms with Crippen LogP contribution in [-0.2, 0) is 16.1 Å². The van der Waals surface area contributed by atoms with Crippen molar-refractivity contribution in [1.29, 1.82) is 0 Å². The second-order valence-corrected chi connectivity index (χ2v) is 8.82. The molecule has 0 aromatic carbocycles. The molecule has 0 radical (unpaired) electrons. The molecule has 1 unspecified atom stereocenters. The minimum Gasteiger partial charge on any atom is -0.385 e. The van der Waals surface area contributed by atoms with E-state index in [-0.39, 0.29) is 11.8 Å². The van der Waals surface area contributed by atoms with Gasteiger partial charge in [-0.15, -0.1) is 0 Å². The molecule has 11 heteroatoms. The molecule has 0 fully saturated rings. The standard InChI is InChI=1S/C24H31F3N6O2/c1-4-5-20(34)29-8-15-6-18-19(12-31-22(18)30-9-15)16-7-17(11-28-10-16)33-21(14(2)3)23(35)32-13-24(25,26)27/h6-7,9,11-12,14,21,28,33H,4-5,8,10,13H2,1-3H3,(H,29,34)(H,30,31)(H,32,35). The Morgan fingerprint density at radius 1 is 1.23 bits per heavy atom. The molecule has 2 aromatic rings. The average Bonchev–Trinajstić information content (AvgIpc) is 3.23. The highest BCUT2D eigenvalue weighted by Gasteiger charge is 2.31. The molecule has 8 nitrogen and oxygen atoms in total. The van der Waals surface area contributed by atoms with E-state index in [0.29, 0.717) is 30.9 Å². The Kier molecular flexibility index (Phi) is 8.42. The van der Waals surface area contributed by atoms with Crippen LogP contribution in [0.1, 0.15) is 44.7 Å². The lowest BCUT2D eigenvalue weighted by atomic mass is 10.00. The maximum atomic E-state index is 12.5. The van der Waals surface area contributed by atoms with Crippen molar-refractivity contribution in [1.82, 2.24) is 31.2 Å². The molecule has 5 N–H and O–H groups in total. The predicted molar refractivity (Wildman–Crippen MR) is 128 cm³/mol. The fourth-order valence-corrected chi connectivity index (χ4v) is 3.74. The highest BCUT2D eigenvalue weighted by atomic mass is 19.4. The number of aromatic nitrogens is 2. The summed E-state index contributed by atoms with van der Waals surface area (Å²) < 4.78 is 37.6. The lowest BCUT2D eigenvalue weighted by Gasteiger charge is -2.25. The Hall–Kier alpha value is -3.50. The molecule has 0 bridgehead atoms. The average molecular weight is 493 g/mol. The third kappa shape index (κ3) is 7.24. The topological polar surface area (TPSA) is 111 Å². The molecule has 0 aliphatic carbocycles. The van der Waals surface area contributed by atoms with Gasteiger partial charge in [0.1, 0.15) is 18.2 Å². The number of dihydropyridines is 1. The zero-order valence-electron chi connectivity index (χ0n) is 20.0. The number of alkyl halides is 3. The summed E-state index contributed by atoms with van der Waals surface area (Å²) in [5, 5.41) is 11.9. The zero-order valence-corrected chi connectivity index (χ0v) is 20.0. The van der Waals surface area contributed by atoms with E-state index in [2.05, 4.69) is 25.9 Å². The van der Waals surface area contributed by atoms with Gasteiger partial charge < -0.3 is 26.3 Å². The van der Waals surface area contributed by atoms with Crippen molar-refractivity contribution in [2.24, 2.45) is 5.92 Å². The number of fused-ring (bicyclic) bond motifs is 1. The largest absolute Gasteiger partial charge is 0.405 e. The van der Waals surface area contributed by atoms with Crippen LogP contribution in [0.2, 0.25) is 0 Å². The van der Waals surface area contributed by atoms with Crippen molar-refractivity contribution in [2.75, 3.05) is 13.1 Å². The van der Waals surface area contributed by atoms with Crippen molar-refractivity contribution < 1.29 is 22.8 Å². The fourth-order valence-electron chi connectivity index (χ4n) is 3.74. The molecule has 0 saturated heterocycles. The fraction of sp³-hybridized carbons (Fsp3) is 0.458. The summed E-state index contributed by atoms with van der Waals surface area (Å²) in [5.74, 6) is -0.976. The maximum Gasteiger partial charge on any atom is 0.405 e. The van der Waals surface area contributed by atoms with Crippen molar-refractivity contribution in [3.8, 4) is 0 Å². The molecule has 0 spiro atoms. The van der Waals surface area contributed by atoms with Crippen molar-refractivity contribution in [3.05, 3.63) is 47.6 Å². The van der Waals surface area contributed by atoms with Crippen LogP contribution in [-0.4, -0.2) is 47.1 Å². The highest BCUT2D eigenvalue weighted by Crippen LogP contribution is 2.27. The summed E-state index contributed by atoms with van der Waals surface area (Å²) in [5.41, 5.74) is 3.95. The number of hydrogen-bond acceptors (Lipinski definition) is 5. The third-order valence-corrected chi connectivity index (χ3v) is 5.51. The van der Waals surface area contributed by atoms with Gasteiger partial charge in [0, 0.05) is 49.1 Å². The van der Waals surface area contributed by atoms with Crippen LogP contribution >= 0.6 is 0 Å². The summed E-state index contributed by atoms with van der Waals surface area (Å²) >= 11 is 0. The number of carbonyl (C=O) groups is 2. The second kappa shape index (κ2) is 11.3. The van der Waals surface area contributed by atoms with E-state index in [1.807, 2.05) is 30.6 Å². The van der Waals surface area contributed by atoms with E-state index >= 15 is 0 Å². The van der Waals surface area contributed by atoms with E-state index in [0.717, 1.165) is 28.5 Å². The number of nitrogens with zero attached hydrogens (tertiary/aromatic N) is 1. The first-order chi connectivity index (χ1) is 16.6. The first-order valence-electron chi connectivity index (χ1n) is 11.6. The molecule has 1 aliphatic rings. The van der Waals surface area contributed by atoms with Gasteiger partial charge in [-0.25, -0.2) is 4.98 Å². The van der Waals surface area contributed by atoms with E-state index < -0.39 is 24.7 Å². The first-order valence-corrected chi connectivity index (χ1v) is 11.6. The summed E-state index contributed by atoms with van der Waals surface area (Å²) in [7, 11) is 0. The van der Waals surface area contributed by atoms with Gasteiger partial charge in [0.25, 0.3) is 0 Å². The molecule has 0 saturated carbocycles. The number of H-pyrrole nitrogens is 1. The van der Waals surface area contributed by atoms with Crippen LogP contribution < -0.4 is 21.3 Å². The normalized spacial score (nSPS) is 14.7. The number of carbonyl (C=O) groups excluding carboxylic acids is 2. The molecule has 190 valence electrons. The Labute approximate surface area is 201 Å². The molecule has 3 rings (SSSR count). The molecule has 1 aliphatic heterocycles. The molecule has 35 heavy (non-hydrogen) atoms. The Morgan fingerprint density at radius 3 is 2.69 bits per heavy atom. The third-order valence-electron chi connectivity index (χ3n) is 5.51. The van der Waals surface area contributed by atoms with Gasteiger partial charge in [-0.1, -0.05) is 20.8 Å².